The Balaban J connectivity index is 2.10. The molecule has 7 nitrogen and oxygen atoms in total. The molecule has 0 atom stereocenters. The van der Waals surface area contributed by atoms with Crippen molar-refractivity contribution in [2.75, 3.05) is 5.32 Å². The van der Waals surface area contributed by atoms with Gasteiger partial charge in [-0.1, -0.05) is 26.0 Å². The van der Waals surface area contributed by atoms with Crippen molar-refractivity contribution >= 4 is 28.6 Å². The predicted molar refractivity (Wildman–Crippen MR) is 85.5 cm³/mol. The van der Waals surface area contributed by atoms with Gasteiger partial charge in [0.25, 0.3) is 0 Å². The molecule has 2 heterocycles. The number of hydrogen-bond donors (Lipinski definition) is 1. The lowest BCUT2D eigenvalue weighted by Gasteiger charge is -2.24. The molecular weight excluding hydrogens is 314 g/mol. The highest BCUT2D eigenvalue weighted by Crippen LogP contribution is 2.28. The highest BCUT2D eigenvalue weighted by Gasteiger charge is 2.29. The smallest absolute Gasteiger partial charge is 0.360 e. The molecule has 1 saturated heterocycles. The van der Waals surface area contributed by atoms with Crippen LogP contribution in [0.4, 0.5) is 5.69 Å². The zero-order valence-electron chi connectivity index (χ0n) is 13.4. The molecule has 3 rings (SSSR count). The van der Waals surface area contributed by atoms with Gasteiger partial charge < -0.3 is 19.2 Å². The molecule has 7 heteroatoms. The third-order valence-electron chi connectivity index (χ3n) is 3.89. The van der Waals surface area contributed by atoms with E-state index in [1.54, 1.807) is 6.07 Å². The summed E-state index contributed by atoms with van der Waals surface area (Å²) in [5.74, 6) is -1.41. The molecule has 0 bridgehead atoms. The molecule has 1 fully saturated rings. The van der Waals surface area contributed by atoms with E-state index < -0.39 is 30.4 Å². The van der Waals surface area contributed by atoms with Gasteiger partial charge in [-0.25, -0.2) is 4.79 Å². The van der Waals surface area contributed by atoms with E-state index >= 15 is 0 Å². The van der Waals surface area contributed by atoms with E-state index in [9.17, 15) is 14.4 Å². The van der Waals surface area contributed by atoms with Gasteiger partial charge in [-0.15, -0.1) is 0 Å². The molecule has 0 spiro atoms. The number of benzene rings is 1. The molecule has 1 aliphatic heterocycles. The second-order valence-corrected chi connectivity index (χ2v) is 5.37. The van der Waals surface area contributed by atoms with Crippen LogP contribution in [-0.2, 0) is 31.9 Å². The van der Waals surface area contributed by atoms with Crippen LogP contribution in [0.5, 0.6) is 0 Å². The summed E-state index contributed by atoms with van der Waals surface area (Å²) in [5, 5.41) is 3.53. The number of cyclic esters (lactones) is 2. The van der Waals surface area contributed by atoms with Crippen molar-refractivity contribution < 1.29 is 23.5 Å². The van der Waals surface area contributed by atoms with Gasteiger partial charge in [0.1, 0.15) is 17.7 Å². The molecule has 1 aliphatic rings. The topological polar surface area (TPSA) is 94.8 Å². The van der Waals surface area contributed by atoms with Crippen LogP contribution in [0, 0.1) is 0 Å². The van der Waals surface area contributed by atoms with Crippen LogP contribution < -0.4 is 10.9 Å². The lowest BCUT2D eigenvalue weighted by atomic mass is 9.99. The van der Waals surface area contributed by atoms with Crippen molar-refractivity contribution in [2.24, 2.45) is 0 Å². The first-order chi connectivity index (χ1) is 11.5. The summed E-state index contributed by atoms with van der Waals surface area (Å²) in [4.78, 5) is 35.1. The third kappa shape index (κ3) is 2.84. The van der Waals surface area contributed by atoms with Crippen molar-refractivity contribution in [3.8, 4) is 0 Å². The Morgan fingerprint density at radius 1 is 1.08 bits per heavy atom. The average molecular weight is 331 g/mol. The van der Waals surface area contributed by atoms with E-state index in [-0.39, 0.29) is 5.69 Å². The first kappa shape index (κ1) is 16.0. The average Bonchev–Trinajstić information content (AvgIpc) is 2.54. The number of rotatable bonds is 4. The monoisotopic (exact) mass is 331 g/mol. The SMILES string of the molecule is CCc1cccc2oc(=O)c(NC3OC(=O)CC(=O)O3)c(CC)c12. The first-order valence-corrected chi connectivity index (χ1v) is 7.76. The predicted octanol–water partition coefficient (Wildman–Crippen LogP) is 2.10. The van der Waals surface area contributed by atoms with E-state index in [0.29, 0.717) is 12.0 Å². The minimum atomic E-state index is -1.34. The van der Waals surface area contributed by atoms with Gasteiger partial charge in [0, 0.05) is 5.39 Å². The molecule has 1 aromatic carbocycles. The van der Waals surface area contributed by atoms with Crippen molar-refractivity contribution in [3.63, 3.8) is 0 Å². The lowest BCUT2D eigenvalue weighted by Crippen LogP contribution is -2.39. The van der Waals surface area contributed by atoms with Crippen molar-refractivity contribution in [2.45, 2.75) is 39.5 Å². The second kappa shape index (κ2) is 6.35. The summed E-state index contributed by atoms with van der Waals surface area (Å²) in [7, 11) is 0. The van der Waals surface area contributed by atoms with E-state index in [2.05, 4.69) is 5.32 Å². The van der Waals surface area contributed by atoms with E-state index in [0.717, 1.165) is 22.9 Å². The number of anilines is 1. The number of aryl methyl sites for hydroxylation is 2. The molecule has 0 unspecified atom stereocenters. The number of esters is 2. The van der Waals surface area contributed by atoms with Crippen LogP contribution in [-0.4, -0.2) is 18.4 Å². The summed E-state index contributed by atoms with van der Waals surface area (Å²) in [6, 6.07) is 5.53. The highest BCUT2D eigenvalue weighted by molar-refractivity contribution is 5.93. The quantitative estimate of drug-likeness (QED) is 0.521. The van der Waals surface area contributed by atoms with Crippen LogP contribution in [0.1, 0.15) is 31.4 Å². The molecular formula is C17H17NO6. The van der Waals surface area contributed by atoms with E-state index in [4.69, 9.17) is 13.9 Å². The maximum absolute atomic E-state index is 12.3. The minimum Gasteiger partial charge on any atom is -0.421 e. The zero-order valence-corrected chi connectivity index (χ0v) is 13.4. The molecule has 0 saturated carbocycles. The largest absolute Gasteiger partial charge is 0.421 e. The van der Waals surface area contributed by atoms with Gasteiger partial charge in [-0.2, -0.15) is 0 Å². The van der Waals surface area contributed by atoms with Gasteiger partial charge in [-0.3, -0.25) is 9.59 Å². The lowest BCUT2D eigenvalue weighted by molar-refractivity contribution is -0.197. The van der Waals surface area contributed by atoms with Crippen LogP contribution >= 0.6 is 0 Å². The third-order valence-corrected chi connectivity index (χ3v) is 3.89. The van der Waals surface area contributed by atoms with Gasteiger partial charge in [0.2, 0.25) is 0 Å². The molecule has 0 aliphatic carbocycles. The van der Waals surface area contributed by atoms with Gasteiger partial charge >= 0.3 is 24.0 Å². The summed E-state index contributed by atoms with van der Waals surface area (Å²) < 4.78 is 15.2. The highest BCUT2D eigenvalue weighted by atomic mass is 16.7. The summed E-state index contributed by atoms with van der Waals surface area (Å²) in [5.41, 5.74) is 1.80. The number of nitrogens with one attached hydrogen (secondary N) is 1. The Kier molecular flexibility index (Phi) is 4.24. The fourth-order valence-corrected chi connectivity index (χ4v) is 2.84. The van der Waals surface area contributed by atoms with E-state index in [1.165, 1.54) is 0 Å². The Hall–Kier alpha value is -2.83. The standard InChI is InChI=1S/C17H17NO6/c1-3-9-6-5-7-11-14(9)10(4-2)15(16(21)22-11)18-17-23-12(19)8-13(20)24-17/h5-7,17-18H,3-4,8H2,1-2H3. The van der Waals surface area contributed by atoms with Gasteiger partial charge in [0.05, 0.1) is 0 Å². The molecule has 0 amide bonds. The maximum atomic E-state index is 12.3. The van der Waals surface area contributed by atoms with Crippen LogP contribution in [0.15, 0.2) is 27.4 Å². The number of ether oxygens (including phenoxy) is 2. The molecule has 126 valence electrons. The van der Waals surface area contributed by atoms with Crippen molar-refractivity contribution in [1.82, 2.24) is 0 Å². The Morgan fingerprint density at radius 3 is 2.42 bits per heavy atom. The van der Waals surface area contributed by atoms with Crippen LogP contribution in [0.25, 0.3) is 11.0 Å². The van der Waals surface area contributed by atoms with Gasteiger partial charge in [0.15, 0.2) is 0 Å². The Labute approximate surface area is 137 Å². The van der Waals surface area contributed by atoms with Crippen molar-refractivity contribution in [1.29, 1.82) is 0 Å². The molecule has 1 aromatic heterocycles. The van der Waals surface area contributed by atoms with Gasteiger partial charge in [-0.05, 0) is 30.0 Å². The molecule has 0 radical (unpaired) electrons. The minimum absolute atomic E-state index is 0.137. The zero-order chi connectivity index (χ0) is 17.3. The number of hydrogen-bond acceptors (Lipinski definition) is 7. The molecule has 24 heavy (non-hydrogen) atoms. The molecule has 2 aromatic rings. The summed E-state index contributed by atoms with van der Waals surface area (Å²) in [6.45, 7) is 3.92. The van der Waals surface area contributed by atoms with E-state index in [1.807, 2.05) is 26.0 Å². The van der Waals surface area contributed by atoms with Crippen LogP contribution in [0.2, 0.25) is 0 Å². The Morgan fingerprint density at radius 2 is 1.79 bits per heavy atom. The molecule has 1 N–H and O–H groups in total. The summed E-state index contributed by atoms with van der Waals surface area (Å²) >= 11 is 0. The first-order valence-electron chi connectivity index (χ1n) is 7.76. The fraction of sp³-hybridized carbons (Fsp3) is 0.353. The van der Waals surface area contributed by atoms with Crippen LogP contribution in [0.3, 0.4) is 0 Å². The number of fused-ring (bicyclic) bond motifs is 1. The second-order valence-electron chi connectivity index (χ2n) is 5.37. The van der Waals surface area contributed by atoms with Crippen molar-refractivity contribution in [3.05, 3.63) is 39.7 Å². The summed E-state index contributed by atoms with van der Waals surface area (Å²) in [6.07, 6.45) is -0.454. The maximum Gasteiger partial charge on any atom is 0.360 e. The normalized spacial score (nSPS) is 15.2. The number of carbonyl (C=O) groups excluding carboxylic acids is 2. The Bertz CT molecular complexity index is 853. The number of carbonyl (C=O) groups is 2. The fourth-order valence-electron chi connectivity index (χ4n) is 2.84.